The molecule has 3 N–H and O–H groups in total. The van der Waals surface area contributed by atoms with E-state index in [4.69, 9.17) is 10.5 Å². The van der Waals surface area contributed by atoms with E-state index in [0.29, 0.717) is 26.1 Å². The first-order valence-corrected chi connectivity index (χ1v) is 8.82. The minimum atomic E-state index is -0.328. The topological polar surface area (TPSA) is 87.9 Å². The average molecular weight is 346 g/mol. The Kier molecular flexibility index (Phi) is 5.88. The maximum Gasteiger partial charge on any atom is 0.317 e. The molecule has 0 unspecified atom stereocenters. The molecule has 0 spiro atoms. The first-order valence-electron chi connectivity index (χ1n) is 8.82. The Morgan fingerprint density at radius 2 is 1.88 bits per heavy atom. The molecule has 1 atom stereocenters. The second-order valence-electron chi connectivity index (χ2n) is 6.65. The molecule has 1 aromatic carbocycles. The van der Waals surface area contributed by atoms with Crippen molar-refractivity contribution in [2.24, 2.45) is 11.7 Å². The van der Waals surface area contributed by atoms with Crippen LogP contribution in [0.5, 0.6) is 0 Å². The Morgan fingerprint density at radius 1 is 1.16 bits per heavy atom. The zero-order valence-corrected chi connectivity index (χ0v) is 14.4. The number of carbonyl (C=O) groups is 2. The number of carbonyl (C=O) groups excluding carboxylic acids is 2. The largest absolute Gasteiger partial charge is 0.379 e. The predicted molar refractivity (Wildman–Crippen MR) is 93.6 cm³/mol. The Balaban J connectivity index is 1.54. The molecule has 2 heterocycles. The molecule has 2 saturated heterocycles. The third kappa shape index (κ3) is 4.70. The monoisotopic (exact) mass is 346 g/mol. The van der Waals surface area contributed by atoms with Gasteiger partial charge in [0.05, 0.1) is 19.1 Å². The number of urea groups is 1. The Labute approximate surface area is 148 Å². The molecule has 3 amide bonds. The van der Waals surface area contributed by atoms with E-state index in [1.807, 2.05) is 18.2 Å². The van der Waals surface area contributed by atoms with E-state index in [9.17, 15) is 9.59 Å². The minimum absolute atomic E-state index is 0.134. The highest BCUT2D eigenvalue weighted by molar-refractivity contribution is 5.80. The summed E-state index contributed by atoms with van der Waals surface area (Å²) in [7, 11) is 0. The maximum atomic E-state index is 12.3. The molecule has 3 rings (SSSR count). The zero-order chi connectivity index (χ0) is 17.6. The highest BCUT2D eigenvalue weighted by Crippen LogP contribution is 2.16. The van der Waals surface area contributed by atoms with E-state index in [0.717, 1.165) is 38.4 Å². The number of nitrogens with one attached hydrogen (secondary N) is 1. The van der Waals surface area contributed by atoms with E-state index >= 15 is 0 Å². The number of primary amides is 1. The first kappa shape index (κ1) is 17.7. The fourth-order valence-corrected chi connectivity index (χ4v) is 3.34. The molecule has 0 bridgehead atoms. The van der Waals surface area contributed by atoms with Gasteiger partial charge in [-0.1, -0.05) is 24.3 Å². The molecule has 2 aliphatic heterocycles. The van der Waals surface area contributed by atoms with Crippen molar-refractivity contribution in [3.05, 3.63) is 35.4 Å². The van der Waals surface area contributed by atoms with Crippen LogP contribution in [0.25, 0.3) is 0 Å². The van der Waals surface area contributed by atoms with Gasteiger partial charge >= 0.3 is 6.03 Å². The number of amides is 3. The lowest BCUT2D eigenvalue weighted by Gasteiger charge is -2.27. The molecular weight excluding hydrogens is 320 g/mol. The van der Waals surface area contributed by atoms with Crippen LogP contribution in [0.3, 0.4) is 0 Å². The summed E-state index contributed by atoms with van der Waals surface area (Å²) in [5.74, 6) is -0.550. The predicted octanol–water partition coefficient (Wildman–Crippen LogP) is 0.536. The van der Waals surface area contributed by atoms with Gasteiger partial charge in [0.15, 0.2) is 0 Å². The lowest BCUT2D eigenvalue weighted by atomic mass is 10.1. The summed E-state index contributed by atoms with van der Waals surface area (Å²) in [5, 5.41) is 2.97. The van der Waals surface area contributed by atoms with Crippen LogP contribution in [0.2, 0.25) is 0 Å². The third-order valence-corrected chi connectivity index (χ3v) is 4.92. The van der Waals surface area contributed by atoms with Crippen molar-refractivity contribution in [1.82, 2.24) is 15.1 Å². The third-order valence-electron chi connectivity index (χ3n) is 4.92. The van der Waals surface area contributed by atoms with Gasteiger partial charge in [0.2, 0.25) is 5.91 Å². The molecule has 7 heteroatoms. The van der Waals surface area contributed by atoms with Crippen molar-refractivity contribution in [1.29, 1.82) is 0 Å². The highest BCUT2D eigenvalue weighted by Gasteiger charge is 2.29. The van der Waals surface area contributed by atoms with Crippen LogP contribution >= 0.6 is 0 Å². The van der Waals surface area contributed by atoms with Gasteiger partial charge < -0.3 is 20.7 Å². The second-order valence-corrected chi connectivity index (χ2v) is 6.65. The lowest BCUT2D eigenvalue weighted by Crippen LogP contribution is -2.39. The van der Waals surface area contributed by atoms with Gasteiger partial charge in [-0.15, -0.1) is 0 Å². The van der Waals surface area contributed by atoms with Crippen LogP contribution in [-0.2, 0) is 22.6 Å². The summed E-state index contributed by atoms with van der Waals surface area (Å²) < 4.78 is 5.39. The Hall–Kier alpha value is -2.12. The summed E-state index contributed by atoms with van der Waals surface area (Å²) in [4.78, 5) is 27.6. The van der Waals surface area contributed by atoms with Crippen molar-refractivity contribution in [3.8, 4) is 0 Å². The maximum absolute atomic E-state index is 12.3. The van der Waals surface area contributed by atoms with Crippen LogP contribution in [0.1, 0.15) is 17.5 Å². The van der Waals surface area contributed by atoms with Gasteiger partial charge in [-0.2, -0.15) is 0 Å². The van der Waals surface area contributed by atoms with Crippen LogP contribution < -0.4 is 11.1 Å². The van der Waals surface area contributed by atoms with Crippen molar-refractivity contribution < 1.29 is 14.3 Å². The smallest absolute Gasteiger partial charge is 0.317 e. The van der Waals surface area contributed by atoms with Crippen LogP contribution in [0, 0.1) is 5.92 Å². The van der Waals surface area contributed by atoms with E-state index in [2.05, 4.69) is 16.3 Å². The van der Waals surface area contributed by atoms with E-state index in [1.54, 1.807) is 4.90 Å². The minimum Gasteiger partial charge on any atom is -0.379 e. The molecule has 1 aromatic rings. The summed E-state index contributed by atoms with van der Waals surface area (Å²) in [5.41, 5.74) is 7.66. The molecule has 2 aliphatic rings. The number of hydrogen-bond donors (Lipinski definition) is 2. The zero-order valence-electron chi connectivity index (χ0n) is 14.4. The lowest BCUT2D eigenvalue weighted by molar-refractivity contribution is -0.121. The molecule has 2 fully saturated rings. The molecule has 25 heavy (non-hydrogen) atoms. The molecule has 0 radical (unpaired) electrons. The number of nitrogens with two attached hydrogens (primary N) is 1. The quantitative estimate of drug-likeness (QED) is 0.814. The molecule has 0 aliphatic carbocycles. The van der Waals surface area contributed by atoms with Crippen molar-refractivity contribution in [2.45, 2.75) is 19.5 Å². The van der Waals surface area contributed by atoms with Crippen molar-refractivity contribution in [3.63, 3.8) is 0 Å². The highest BCUT2D eigenvalue weighted by atomic mass is 16.5. The number of rotatable bonds is 5. The summed E-state index contributed by atoms with van der Waals surface area (Å²) in [6.07, 6.45) is 0.649. The number of nitrogens with zero attached hydrogens (tertiary/aromatic N) is 2. The van der Waals surface area contributed by atoms with Gasteiger partial charge in [-0.05, 0) is 17.5 Å². The molecular formula is C18H26N4O3. The van der Waals surface area contributed by atoms with Gasteiger partial charge in [-0.25, -0.2) is 4.79 Å². The number of benzene rings is 1. The van der Waals surface area contributed by atoms with Crippen LogP contribution in [0.4, 0.5) is 4.79 Å². The number of morpholine rings is 1. The van der Waals surface area contributed by atoms with Crippen LogP contribution in [-0.4, -0.2) is 61.1 Å². The van der Waals surface area contributed by atoms with Crippen molar-refractivity contribution in [2.75, 3.05) is 39.4 Å². The summed E-state index contributed by atoms with van der Waals surface area (Å²) >= 11 is 0. The molecule has 0 saturated carbocycles. The van der Waals surface area contributed by atoms with E-state index < -0.39 is 0 Å². The Morgan fingerprint density at radius 3 is 2.56 bits per heavy atom. The molecule has 7 nitrogen and oxygen atoms in total. The fraction of sp³-hybridized carbons (Fsp3) is 0.556. The number of likely N-dealkylation sites (tertiary alicyclic amines) is 1. The summed E-state index contributed by atoms with van der Waals surface area (Å²) in [6, 6.07) is 8.04. The van der Waals surface area contributed by atoms with Gasteiger partial charge in [0.1, 0.15) is 0 Å². The number of ether oxygens (including phenoxy) is 1. The summed E-state index contributed by atoms with van der Waals surface area (Å²) in [6.45, 7) is 5.75. The van der Waals surface area contributed by atoms with Gasteiger partial charge in [0.25, 0.3) is 0 Å². The molecule has 136 valence electrons. The van der Waals surface area contributed by atoms with Crippen molar-refractivity contribution >= 4 is 11.9 Å². The molecule has 0 aromatic heterocycles. The van der Waals surface area contributed by atoms with Crippen LogP contribution in [0.15, 0.2) is 24.3 Å². The number of hydrogen-bond acceptors (Lipinski definition) is 4. The average Bonchev–Trinajstić information content (AvgIpc) is 3.12. The SMILES string of the molecule is NC(=O)[C@H]1CCN(C(=O)NCc2ccccc2CN2CCOCC2)C1. The van der Waals surface area contributed by atoms with E-state index in [1.165, 1.54) is 5.56 Å². The van der Waals surface area contributed by atoms with Gasteiger partial charge in [0, 0.05) is 39.3 Å². The van der Waals surface area contributed by atoms with Gasteiger partial charge in [-0.3, -0.25) is 9.69 Å². The standard InChI is InChI=1S/C18H26N4O3/c19-17(23)16-5-6-22(13-16)18(24)20-11-14-3-1-2-4-15(14)12-21-7-9-25-10-8-21/h1-4,16H,5-13H2,(H2,19,23)(H,20,24)/t16-/m0/s1. The second kappa shape index (κ2) is 8.31. The first-order chi connectivity index (χ1) is 12.1. The van der Waals surface area contributed by atoms with E-state index in [-0.39, 0.29) is 17.9 Å². The Bertz CT molecular complexity index is 616. The normalized spacial score (nSPS) is 21.3. The fourth-order valence-electron chi connectivity index (χ4n) is 3.34.